The van der Waals surface area contributed by atoms with Crippen LogP contribution in [0.25, 0.3) is 11.1 Å². The SMILES string of the molecule is [3H]C(=C)OC(=O)[C@@H]1C[C@@H](OC(C)(C)C)CN1C(=O)[C@H](CC(C)=O)NC(=O)[C@H](CC)NC(=O)CNC(=O)[C@@H](CC(=O)CNC(=O)C(CC)NC(=O)OCC1c2ccccc2-c2ccccc21)[C@@H](C)CC. The van der Waals surface area contributed by atoms with Crippen molar-refractivity contribution in [3.8, 4) is 11.1 Å². The number of ketones is 2. The van der Waals surface area contributed by atoms with Gasteiger partial charge in [-0.3, -0.25) is 33.6 Å². The number of benzene rings is 2. The fraction of sp³-hybridized carbons (Fsp3) is 0.540. The normalized spacial score (nSPS) is 17.6. The number of hydrogen-bond donors (Lipinski definition) is 5. The van der Waals surface area contributed by atoms with Crippen molar-refractivity contribution in [2.45, 2.75) is 136 Å². The summed E-state index contributed by atoms with van der Waals surface area (Å²) in [5.41, 5.74) is 3.58. The maximum absolute atomic E-state index is 14.0. The monoisotopic (exact) mass is 946 g/mol. The predicted octanol–water partition coefficient (Wildman–Crippen LogP) is 3.99. The van der Waals surface area contributed by atoms with E-state index in [0.717, 1.165) is 27.2 Å². The minimum atomic E-state index is -1.44. The molecule has 5 N–H and O–H groups in total. The zero-order valence-electron chi connectivity index (χ0n) is 41.4. The van der Waals surface area contributed by atoms with Crippen LogP contribution in [0, 0.1) is 11.8 Å². The van der Waals surface area contributed by atoms with E-state index in [9.17, 15) is 43.2 Å². The molecule has 2 aliphatic rings. The van der Waals surface area contributed by atoms with Crippen LogP contribution in [0.5, 0.6) is 0 Å². The number of amides is 6. The van der Waals surface area contributed by atoms with Crippen molar-refractivity contribution in [2.75, 3.05) is 26.2 Å². The van der Waals surface area contributed by atoms with E-state index in [-0.39, 0.29) is 50.7 Å². The second-order valence-electron chi connectivity index (χ2n) is 18.3. The van der Waals surface area contributed by atoms with Gasteiger partial charge in [-0.2, -0.15) is 0 Å². The Morgan fingerprint density at radius 2 is 1.38 bits per heavy atom. The Morgan fingerprint density at radius 3 is 1.94 bits per heavy atom. The Kier molecular flexibility index (Phi) is 19.4. The van der Waals surface area contributed by atoms with Gasteiger partial charge in [-0.1, -0.05) is 89.2 Å². The van der Waals surface area contributed by atoms with Crippen molar-refractivity contribution in [2.24, 2.45) is 11.8 Å². The molecule has 1 aliphatic heterocycles. The van der Waals surface area contributed by atoms with E-state index in [2.05, 4.69) is 33.2 Å². The van der Waals surface area contributed by atoms with Gasteiger partial charge in [0.15, 0.2) is 5.78 Å². The van der Waals surface area contributed by atoms with Crippen LogP contribution in [0.1, 0.15) is 112 Å². The van der Waals surface area contributed by atoms with Gasteiger partial charge in [0.05, 0.1) is 31.0 Å². The standard InChI is InChI=1S/C50H68N6O12/c1-10-29(5)37(23-31(58)25-51-45(61)39(11-2)55-49(65)67-28-38-35-20-16-14-18-33(35)34-19-15-17-21-36(34)38)44(60)52-26-43(59)53-40(12-3)46(62)54-41(22-30(6)57)47(63)56-27-32(68-50(7,8)9)24-42(56)48(64)66-13-4/h13-21,29,32,37-42H,4,10-12,22-28H2,1-3,5-9H3,(H,51,61)(H,52,60)(H,53,59)(H,54,62)(H,55,65)/t29-,32+,37-,39?,40-,41-,42-/m0/s1/i13T. The Morgan fingerprint density at radius 1 is 0.794 bits per heavy atom. The molecule has 1 fully saturated rings. The van der Waals surface area contributed by atoms with E-state index in [1.807, 2.05) is 55.5 Å². The average Bonchev–Trinajstić information content (AvgIpc) is 3.86. The highest BCUT2D eigenvalue weighted by atomic mass is 16.5. The summed E-state index contributed by atoms with van der Waals surface area (Å²) >= 11 is 0. The lowest BCUT2D eigenvalue weighted by Gasteiger charge is -2.29. The van der Waals surface area contributed by atoms with Gasteiger partial charge in [-0.15, -0.1) is 0 Å². The highest BCUT2D eigenvalue weighted by Crippen LogP contribution is 2.44. The second-order valence-corrected chi connectivity index (χ2v) is 18.3. The van der Waals surface area contributed by atoms with E-state index >= 15 is 0 Å². The Labute approximate surface area is 399 Å². The van der Waals surface area contributed by atoms with Crippen LogP contribution < -0.4 is 26.6 Å². The molecule has 1 heterocycles. The lowest BCUT2D eigenvalue weighted by Crippen LogP contribution is -2.57. The van der Waals surface area contributed by atoms with Gasteiger partial charge in [-0.05, 0) is 68.7 Å². The van der Waals surface area contributed by atoms with Gasteiger partial charge in [0.25, 0.3) is 0 Å². The molecule has 1 unspecified atom stereocenters. The number of carbonyl (C=O) groups excluding carboxylic acids is 9. The number of alkyl carbamates (subject to hydrolysis) is 1. The topological polar surface area (TPSA) is 245 Å². The maximum atomic E-state index is 14.0. The van der Waals surface area contributed by atoms with Crippen molar-refractivity contribution in [3.05, 3.63) is 72.5 Å². The van der Waals surface area contributed by atoms with Gasteiger partial charge in [-0.25, -0.2) is 9.59 Å². The van der Waals surface area contributed by atoms with E-state index in [1.165, 1.54) is 6.92 Å². The molecule has 0 bridgehead atoms. The quantitative estimate of drug-likeness (QED) is 0.0742. The van der Waals surface area contributed by atoms with E-state index < -0.39 is 121 Å². The number of hydrogen-bond acceptors (Lipinski definition) is 12. The molecular formula is C50H68N6O12. The summed E-state index contributed by atoms with van der Waals surface area (Å²) in [5.74, 6) is -6.74. The van der Waals surface area contributed by atoms with Crippen LogP contribution in [0.4, 0.5) is 4.79 Å². The zero-order chi connectivity index (χ0) is 51.2. The number of ether oxygens (including phenoxy) is 3. The van der Waals surface area contributed by atoms with Gasteiger partial charge >= 0.3 is 12.1 Å². The van der Waals surface area contributed by atoms with E-state index in [0.29, 0.717) is 6.42 Å². The van der Waals surface area contributed by atoms with Gasteiger partial charge in [0.1, 0.15) is 37.9 Å². The first-order chi connectivity index (χ1) is 32.6. The number of fused-ring (bicyclic) bond motifs is 3. The minimum absolute atomic E-state index is 0.0302. The van der Waals surface area contributed by atoms with Crippen LogP contribution in [0.2, 0.25) is 0 Å². The summed E-state index contributed by atoms with van der Waals surface area (Å²) in [6.07, 6.45) is -1.93. The zero-order valence-corrected chi connectivity index (χ0v) is 40.4. The lowest BCUT2D eigenvalue weighted by atomic mass is 9.86. The second kappa shape index (κ2) is 25.1. The van der Waals surface area contributed by atoms with Crippen molar-refractivity contribution < 1.29 is 58.7 Å². The molecule has 0 aromatic heterocycles. The fourth-order valence-corrected chi connectivity index (χ4v) is 8.44. The Bertz CT molecular complexity index is 2200. The number of nitrogens with one attached hydrogen (secondary N) is 5. The van der Waals surface area contributed by atoms with Crippen LogP contribution in [0.15, 0.2) is 61.3 Å². The summed E-state index contributed by atoms with van der Waals surface area (Å²) in [4.78, 5) is 120. The molecule has 2 aromatic carbocycles. The molecule has 7 atom stereocenters. The maximum Gasteiger partial charge on any atom is 0.407 e. The third-order valence-corrected chi connectivity index (χ3v) is 12.0. The molecule has 68 heavy (non-hydrogen) atoms. The highest BCUT2D eigenvalue weighted by molar-refractivity contribution is 5.97. The van der Waals surface area contributed by atoms with Gasteiger partial charge in [0.2, 0.25) is 29.5 Å². The average molecular weight is 947 g/mol. The van der Waals surface area contributed by atoms with Gasteiger partial charge in [0, 0.05) is 37.6 Å². The number of nitrogens with zero attached hydrogens (tertiary/aromatic N) is 1. The van der Waals surface area contributed by atoms with Crippen molar-refractivity contribution in [1.82, 2.24) is 31.5 Å². The molecule has 0 spiro atoms. The predicted molar refractivity (Wildman–Crippen MR) is 251 cm³/mol. The van der Waals surface area contributed by atoms with Crippen LogP contribution in [0.3, 0.4) is 0 Å². The first-order valence-electron chi connectivity index (χ1n) is 23.7. The third kappa shape index (κ3) is 15.0. The molecule has 370 valence electrons. The van der Waals surface area contributed by atoms with E-state index in [1.54, 1.807) is 41.5 Å². The number of carbonyl (C=O) groups is 9. The number of likely N-dealkylation sites (tertiary alicyclic amines) is 1. The van der Waals surface area contributed by atoms with Crippen LogP contribution in [-0.4, -0.2) is 120 Å². The van der Waals surface area contributed by atoms with Crippen LogP contribution >= 0.6 is 0 Å². The number of Topliss-reactive ketones (excluding diaryl/α,β-unsaturated/α-hetero) is 2. The Balaban J connectivity index is 1.28. The van der Waals surface area contributed by atoms with Gasteiger partial charge < -0.3 is 45.7 Å². The largest absolute Gasteiger partial charge is 0.449 e. The first-order valence-corrected chi connectivity index (χ1v) is 23.2. The minimum Gasteiger partial charge on any atom is -0.449 e. The molecule has 6 amide bonds. The van der Waals surface area contributed by atoms with Crippen LogP contribution in [-0.2, 0) is 52.6 Å². The summed E-state index contributed by atoms with van der Waals surface area (Å²) in [6, 6.07) is 11.0. The summed E-state index contributed by atoms with van der Waals surface area (Å²) < 4.78 is 24.0. The molecule has 18 nitrogen and oxygen atoms in total. The fourth-order valence-electron chi connectivity index (χ4n) is 8.44. The highest BCUT2D eigenvalue weighted by Gasteiger charge is 2.45. The van der Waals surface area contributed by atoms with Crippen molar-refractivity contribution in [1.29, 1.82) is 0 Å². The van der Waals surface area contributed by atoms with Crippen molar-refractivity contribution in [3.63, 3.8) is 0 Å². The molecule has 0 radical (unpaired) electrons. The Hall–Kier alpha value is -6.43. The molecule has 18 heteroatoms. The molecule has 1 aliphatic carbocycles. The lowest BCUT2D eigenvalue weighted by molar-refractivity contribution is -0.150. The summed E-state index contributed by atoms with van der Waals surface area (Å²) in [6.45, 7) is 15.8. The molecular weight excluding hydrogens is 877 g/mol. The summed E-state index contributed by atoms with van der Waals surface area (Å²) in [5, 5.41) is 12.7. The molecule has 4 rings (SSSR count). The van der Waals surface area contributed by atoms with E-state index in [4.69, 9.17) is 15.6 Å². The molecule has 1 saturated heterocycles. The summed E-state index contributed by atoms with van der Waals surface area (Å²) in [7, 11) is 0. The smallest absolute Gasteiger partial charge is 0.407 e. The number of rotatable bonds is 24. The molecule has 0 saturated carbocycles. The first kappa shape index (κ1) is 52.5. The molecule has 2 aromatic rings. The number of esters is 1. The third-order valence-electron chi connectivity index (χ3n) is 12.0. The van der Waals surface area contributed by atoms with Crippen molar-refractivity contribution >= 4 is 53.2 Å².